The third-order valence-electron chi connectivity index (χ3n) is 2.89. The second-order valence-electron chi connectivity index (χ2n) is 4.13. The molecule has 0 bridgehead atoms. The number of nitrogens with zero attached hydrogens (tertiary/aromatic N) is 5. The van der Waals surface area contributed by atoms with Gasteiger partial charge in [0.25, 0.3) is 5.69 Å². The van der Waals surface area contributed by atoms with Crippen molar-refractivity contribution in [1.29, 1.82) is 5.26 Å². The number of nitro benzene ring substituents is 1. The van der Waals surface area contributed by atoms with Crippen LogP contribution in [0.1, 0.15) is 31.1 Å². The Hall–Kier alpha value is -2.75. The first-order valence-corrected chi connectivity index (χ1v) is 6.24. The smallest absolute Gasteiger partial charge is 0.258 e. The number of nitro groups is 1. The van der Waals surface area contributed by atoms with E-state index in [-0.39, 0.29) is 11.3 Å². The van der Waals surface area contributed by atoms with E-state index in [9.17, 15) is 10.1 Å². The summed E-state index contributed by atoms with van der Waals surface area (Å²) in [6.07, 6.45) is 1.39. The van der Waals surface area contributed by atoms with Crippen LogP contribution < -0.4 is 0 Å². The van der Waals surface area contributed by atoms with E-state index in [1.54, 1.807) is 10.7 Å². The number of aromatic nitrogens is 3. The number of hydrogen-bond donors (Lipinski definition) is 0. The number of benzene rings is 1. The lowest BCUT2D eigenvalue weighted by Crippen LogP contribution is -2.03. The minimum absolute atomic E-state index is 0.0168. The molecule has 0 aliphatic carbocycles. The first kappa shape index (κ1) is 13.7. The lowest BCUT2D eigenvalue weighted by atomic mass is 10.1. The van der Waals surface area contributed by atoms with Crippen LogP contribution in [0.25, 0.3) is 5.69 Å². The van der Waals surface area contributed by atoms with Crippen molar-refractivity contribution in [2.45, 2.75) is 26.7 Å². The van der Waals surface area contributed by atoms with E-state index in [1.807, 2.05) is 19.9 Å². The van der Waals surface area contributed by atoms with Gasteiger partial charge in [-0.2, -0.15) is 10.4 Å². The summed E-state index contributed by atoms with van der Waals surface area (Å²) in [6.45, 7) is 3.91. The van der Waals surface area contributed by atoms with Crippen LogP contribution in [-0.4, -0.2) is 19.7 Å². The molecule has 1 heterocycles. The summed E-state index contributed by atoms with van der Waals surface area (Å²) >= 11 is 0. The summed E-state index contributed by atoms with van der Waals surface area (Å²) in [5.41, 5.74) is 0.421. The van der Waals surface area contributed by atoms with Crippen molar-refractivity contribution in [2.75, 3.05) is 0 Å². The minimum atomic E-state index is -0.568. The molecular formula is C13H13N5O2. The molecule has 0 fully saturated rings. The number of hydrogen-bond acceptors (Lipinski definition) is 5. The summed E-state index contributed by atoms with van der Waals surface area (Å²) in [6, 6.07) is 6.20. The summed E-state index contributed by atoms with van der Waals surface area (Å²) in [5, 5.41) is 24.2. The first-order chi connectivity index (χ1) is 9.60. The van der Waals surface area contributed by atoms with Gasteiger partial charge in [0.2, 0.25) is 0 Å². The molecule has 0 unspecified atom stereocenters. The molecule has 0 spiro atoms. The molecule has 7 heteroatoms. The van der Waals surface area contributed by atoms with Crippen LogP contribution in [0.5, 0.6) is 0 Å². The van der Waals surface area contributed by atoms with E-state index >= 15 is 0 Å². The topological polar surface area (TPSA) is 97.6 Å². The fourth-order valence-corrected chi connectivity index (χ4v) is 1.88. The predicted octanol–water partition coefficient (Wildman–Crippen LogP) is 2.17. The fourth-order valence-electron chi connectivity index (χ4n) is 1.88. The fraction of sp³-hybridized carbons (Fsp3) is 0.308. The van der Waals surface area contributed by atoms with Gasteiger partial charge in [-0.05, 0) is 12.1 Å². The largest absolute Gasteiger partial charge is 0.287 e. The zero-order valence-electron chi connectivity index (χ0n) is 11.2. The number of nitriles is 1. The molecule has 2 aromatic rings. The van der Waals surface area contributed by atoms with Crippen molar-refractivity contribution in [1.82, 2.24) is 14.8 Å². The maximum absolute atomic E-state index is 10.8. The maximum atomic E-state index is 10.8. The average Bonchev–Trinajstić information content (AvgIpc) is 2.89. The highest BCUT2D eigenvalue weighted by Crippen LogP contribution is 2.21. The molecule has 0 N–H and O–H groups in total. The zero-order chi connectivity index (χ0) is 14.7. The van der Waals surface area contributed by atoms with E-state index in [4.69, 9.17) is 5.26 Å². The van der Waals surface area contributed by atoms with Gasteiger partial charge in [0, 0.05) is 18.9 Å². The van der Waals surface area contributed by atoms with Gasteiger partial charge < -0.3 is 0 Å². The summed E-state index contributed by atoms with van der Waals surface area (Å²) in [7, 11) is 0. The molecule has 0 atom stereocenters. The van der Waals surface area contributed by atoms with E-state index < -0.39 is 4.92 Å². The van der Waals surface area contributed by atoms with Gasteiger partial charge in [0.1, 0.15) is 17.5 Å². The molecular weight excluding hydrogens is 258 g/mol. The molecule has 20 heavy (non-hydrogen) atoms. The molecule has 1 aromatic carbocycles. The molecule has 102 valence electrons. The second-order valence-corrected chi connectivity index (χ2v) is 4.13. The molecule has 0 radical (unpaired) electrons. The highest BCUT2D eigenvalue weighted by molar-refractivity contribution is 5.54. The van der Waals surface area contributed by atoms with Gasteiger partial charge in [-0.25, -0.2) is 9.67 Å². The molecule has 0 aliphatic rings. The van der Waals surface area contributed by atoms with Crippen molar-refractivity contribution >= 4 is 5.69 Å². The Morgan fingerprint density at radius 3 is 2.70 bits per heavy atom. The summed E-state index contributed by atoms with van der Waals surface area (Å²) < 4.78 is 1.63. The Bertz CT molecular complexity index is 699. The van der Waals surface area contributed by atoms with Crippen LogP contribution in [0, 0.1) is 21.4 Å². The normalized spacial score (nSPS) is 10.2. The van der Waals surface area contributed by atoms with Crippen molar-refractivity contribution in [3.8, 4) is 11.8 Å². The quantitative estimate of drug-likeness (QED) is 0.627. The lowest BCUT2D eigenvalue weighted by Gasteiger charge is -2.04. The average molecular weight is 271 g/mol. The van der Waals surface area contributed by atoms with E-state index in [2.05, 4.69) is 10.1 Å². The Labute approximate surface area is 115 Å². The van der Waals surface area contributed by atoms with Gasteiger partial charge in [0.15, 0.2) is 5.82 Å². The Morgan fingerprint density at radius 1 is 1.40 bits per heavy atom. The molecule has 1 aromatic heterocycles. The van der Waals surface area contributed by atoms with E-state index in [1.165, 1.54) is 12.1 Å². The monoisotopic (exact) mass is 271 g/mol. The van der Waals surface area contributed by atoms with Crippen LogP contribution in [0.3, 0.4) is 0 Å². The van der Waals surface area contributed by atoms with Crippen LogP contribution in [-0.2, 0) is 12.8 Å². The molecule has 0 saturated heterocycles. The summed E-state index contributed by atoms with van der Waals surface area (Å²) in [4.78, 5) is 14.6. The molecule has 0 saturated carbocycles. The van der Waals surface area contributed by atoms with Crippen molar-refractivity contribution in [3.63, 3.8) is 0 Å². The minimum Gasteiger partial charge on any atom is -0.258 e. The first-order valence-electron chi connectivity index (χ1n) is 6.24. The predicted molar refractivity (Wildman–Crippen MR) is 71.5 cm³/mol. The van der Waals surface area contributed by atoms with Crippen LogP contribution in [0.4, 0.5) is 5.69 Å². The Kier molecular flexibility index (Phi) is 3.75. The third kappa shape index (κ3) is 2.36. The van der Waals surface area contributed by atoms with Gasteiger partial charge in [-0.3, -0.25) is 10.1 Å². The highest BCUT2D eigenvalue weighted by Gasteiger charge is 2.16. The van der Waals surface area contributed by atoms with Crippen molar-refractivity contribution in [3.05, 3.63) is 45.5 Å². The van der Waals surface area contributed by atoms with Gasteiger partial charge in [-0.15, -0.1) is 0 Å². The van der Waals surface area contributed by atoms with E-state index in [0.717, 1.165) is 5.82 Å². The molecule has 7 nitrogen and oxygen atoms in total. The second kappa shape index (κ2) is 5.48. The third-order valence-corrected chi connectivity index (χ3v) is 2.89. The van der Waals surface area contributed by atoms with Crippen LogP contribution >= 0.6 is 0 Å². The van der Waals surface area contributed by atoms with Crippen molar-refractivity contribution < 1.29 is 4.92 Å². The van der Waals surface area contributed by atoms with Crippen molar-refractivity contribution in [2.24, 2.45) is 0 Å². The van der Waals surface area contributed by atoms with Gasteiger partial charge >= 0.3 is 0 Å². The molecule has 0 aliphatic heterocycles. The van der Waals surface area contributed by atoms with Gasteiger partial charge in [0.05, 0.1) is 10.6 Å². The van der Waals surface area contributed by atoms with Crippen LogP contribution in [0.15, 0.2) is 18.2 Å². The molecule has 0 amide bonds. The summed E-state index contributed by atoms with van der Waals surface area (Å²) in [5.74, 6) is 1.47. The molecule has 2 rings (SSSR count). The van der Waals surface area contributed by atoms with E-state index in [0.29, 0.717) is 24.4 Å². The highest BCUT2D eigenvalue weighted by atomic mass is 16.6. The number of rotatable bonds is 4. The zero-order valence-corrected chi connectivity index (χ0v) is 11.2. The Morgan fingerprint density at radius 2 is 2.15 bits per heavy atom. The van der Waals surface area contributed by atoms with Crippen LogP contribution in [0.2, 0.25) is 0 Å². The maximum Gasteiger partial charge on any atom is 0.287 e. The Balaban J connectivity index is 2.56. The van der Waals surface area contributed by atoms with Gasteiger partial charge in [-0.1, -0.05) is 13.8 Å². The lowest BCUT2D eigenvalue weighted by molar-refractivity contribution is -0.385. The number of aryl methyl sites for hydroxylation is 2. The standard InChI is InChI=1S/C13H13N5O2/c1-3-12-15-13(4-2)17(16-12)10-5-6-11(18(19)20)9(7-10)8-14/h5-7H,3-4H2,1-2H3. The SMILES string of the molecule is CCc1nc(CC)n(-c2ccc([N+](=O)[O-])c(C#N)c2)n1.